The first-order chi connectivity index (χ1) is 12.0. The van der Waals surface area contributed by atoms with Crippen molar-refractivity contribution in [3.05, 3.63) is 29.8 Å². The van der Waals surface area contributed by atoms with Crippen molar-refractivity contribution in [2.45, 2.75) is 90.8 Å². The molecule has 1 saturated carbocycles. The Kier molecular flexibility index (Phi) is 6.24. The molecule has 0 bridgehead atoms. The van der Waals surface area contributed by atoms with E-state index in [-0.39, 0.29) is 17.1 Å². The second-order valence-electron chi connectivity index (χ2n) is 8.42. The molecule has 1 aliphatic heterocycles. The lowest BCUT2D eigenvalue weighted by atomic mass is 9.77. The van der Waals surface area contributed by atoms with Crippen molar-refractivity contribution in [1.29, 1.82) is 0 Å². The lowest BCUT2D eigenvalue weighted by Crippen LogP contribution is -2.41. The Bertz CT molecular complexity index is 594. The van der Waals surface area contributed by atoms with Crippen molar-refractivity contribution in [2.24, 2.45) is 5.92 Å². The highest BCUT2D eigenvalue weighted by Gasteiger charge is 2.51. The minimum Gasteiger partial charge on any atom is -0.399 e. The molecule has 0 N–H and O–H groups in total. The molecule has 1 aromatic carbocycles. The van der Waals surface area contributed by atoms with Gasteiger partial charge in [0.05, 0.1) is 11.2 Å². The smallest absolute Gasteiger partial charge is 0.399 e. The third kappa shape index (κ3) is 4.31. The van der Waals surface area contributed by atoms with Crippen LogP contribution in [0.3, 0.4) is 0 Å². The van der Waals surface area contributed by atoms with Crippen molar-refractivity contribution in [2.75, 3.05) is 0 Å². The minimum absolute atomic E-state index is 0.197. The Morgan fingerprint density at radius 3 is 2.12 bits per heavy atom. The van der Waals surface area contributed by atoms with E-state index in [0.29, 0.717) is 12.8 Å². The van der Waals surface area contributed by atoms with E-state index >= 15 is 0 Å². The van der Waals surface area contributed by atoms with E-state index in [9.17, 15) is 8.78 Å². The van der Waals surface area contributed by atoms with Crippen LogP contribution < -0.4 is 5.46 Å². The number of halogens is 2. The van der Waals surface area contributed by atoms with Crippen LogP contribution in [0.25, 0.3) is 0 Å². The fourth-order valence-corrected chi connectivity index (χ4v) is 3.68. The molecule has 146 valence electrons. The van der Waals surface area contributed by atoms with Gasteiger partial charge >= 0.3 is 7.12 Å². The molecule has 0 amide bonds. The monoisotopic (exact) mass is 366 g/mol. The lowest BCUT2D eigenvalue weighted by Gasteiger charge is -2.32. The van der Waals surface area contributed by atoms with Gasteiger partial charge in [0, 0.05) is 5.92 Å². The molecule has 2 unspecified atom stereocenters. The van der Waals surface area contributed by atoms with Gasteiger partial charge in [-0.3, -0.25) is 0 Å². The molecule has 2 fully saturated rings. The first-order valence-corrected chi connectivity index (χ1v) is 9.83. The highest BCUT2D eigenvalue weighted by molar-refractivity contribution is 6.62. The van der Waals surface area contributed by atoms with Crippen molar-refractivity contribution in [3.8, 4) is 0 Å². The van der Waals surface area contributed by atoms with Gasteiger partial charge in [-0.05, 0) is 70.8 Å². The van der Waals surface area contributed by atoms with Gasteiger partial charge in [-0.15, -0.1) is 0 Å². The van der Waals surface area contributed by atoms with Gasteiger partial charge in [0.25, 0.3) is 0 Å². The second kappa shape index (κ2) is 7.59. The van der Waals surface area contributed by atoms with Crippen LogP contribution in [0, 0.1) is 5.92 Å². The topological polar surface area (TPSA) is 18.5 Å². The zero-order valence-corrected chi connectivity index (χ0v) is 17.2. The summed E-state index contributed by atoms with van der Waals surface area (Å²) in [7, 11) is -0.403. The van der Waals surface area contributed by atoms with E-state index in [0.717, 1.165) is 24.4 Å². The number of rotatable bonds is 3. The summed E-state index contributed by atoms with van der Waals surface area (Å²) in [5, 5.41) is 0. The van der Waals surface area contributed by atoms with Gasteiger partial charge in [0.15, 0.2) is 0 Å². The van der Waals surface area contributed by atoms with E-state index < -0.39 is 19.0 Å². The van der Waals surface area contributed by atoms with Crippen LogP contribution in [0.1, 0.15) is 79.2 Å². The van der Waals surface area contributed by atoms with Crippen molar-refractivity contribution < 1.29 is 18.1 Å². The third-order valence-corrected chi connectivity index (χ3v) is 6.06. The van der Waals surface area contributed by atoms with Crippen LogP contribution in [0.15, 0.2) is 24.3 Å². The summed E-state index contributed by atoms with van der Waals surface area (Å²) in [6.07, 6.45) is 1.96. The van der Waals surface area contributed by atoms with E-state index in [1.54, 1.807) is 0 Å². The summed E-state index contributed by atoms with van der Waals surface area (Å²) >= 11 is 0. The molecular formula is C21H33BF2O2. The maximum absolute atomic E-state index is 13.6. The fraction of sp³-hybridized carbons (Fsp3) is 0.714. The largest absolute Gasteiger partial charge is 0.494 e. The molecule has 1 aliphatic carbocycles. The Balaban J connectivity index is 0.00000117. The van der Waals surface area contributed by atoms with E-state index in [1.807, 2.05) is 59.7 Å². The molecule has 26 heavy (non-hydrogen) atoms. The van der Waals surface area contributed by atoms with Gasteiger partial charge < -0.3 is 9.31 Å². The number of hydrogen-bond donors (Lipinski definition) is 0. The maximum Gasteiger partial charge on any atom is 0.494 e. The highest BCUT2D eigenvalue weighted by Crippen LogP contribution is 2.45. The maximum atomic E-state index is 13.6. The fourth-order valence-electron chi connectivity index (χ4n) is 3.68. The first-order valence-electron chi connectivity index (χ1n) is 9.83. The van der Waals surface area contributed by atoms with Crippen LogP contribution >= 0.6 is 0 Å². The van der Waals surface area contributed by atoms with Gasteiger partial charge in [-0.2, -0.15) is 0 Å². The predicted molar refractivity (Wildman–Crippen MR) is 104 cm³/mol. The van der Waals surface area contributed by atoms with E-state index in [2.05, 4.69) is 6.07 Å². The summed E-state index contributed by atoms with van der Waals surface area (Å²) in [4.78, 5) is 0. The first kappa shape index (κ1) is 21.4. The second-order valence-corrected chi connectivity index (χ2v) is 8.42. The SMILES string of the molecule is CC.CC(F)(F)C1CCC(c2cccc(B3OC(C)(C)C(C)(C)O3)c2)C1. The molecule has 5 heteroatoms. The summed E-state index contributed by atoms with van der Waals surface area (Å²) in [6.45, 7) is 13.2. The van der Waals surface area contributed by atoms with Crippen LogP contribution in [0.4, 0.5) is 8.78 Å². The Hall–Kier alpha value is -0.935. The summed E-state index contributed by atoms with van der Waals surface area (Å²) in [5.74, 6) is -2.90. The zero-order valence-electron chi connectivity index (χ0n) is 17.2. The van der Waals surface area contributed by atoms with Crippen molar-refractivity contribution in [3.63, 3.8) is 0 Å². The average Bonchev–Trinajstić information content (AvgIpc) is 3.13. The molecule has 1 aromatic rings. The van der Waals surface area contributed by atoms with E-state index in [4.69, 9.17) is 9.31 Å². The van der Waals surface area contributed by atoms with Gasteiger partial charge in [0.1, 0.15) is 0 Å². The third-order valence-electron chi connectivity index (χ3n) is 6.06. The minimum atomic E-state index is -2.59. The van der Waals surface area contributed by atoms with Gasteiger partial charge in [-0.25, -0.2) is 8.78 Å². The summed E-state index contributed by atoms with van der Waals surface area (Å²) < 4.78 is 39.3. The van der Waals surface area contributed by atoms with Gasteiger partial charge in [0.2, 0.25) is 5.92 Å². The molecule has 0 radical (unpaired) electrons. The number of benzene rings is 1. The van der Waals surface area contributed by atoms with Crippen LogP contribution in [-0.2, 0) is 9.31 Å². The number of hydrogen-bond acceptors (Lipinski definition) is 2. The molecule has 1 saturated heterocycles. The van der Waals surface area contributed by atoms with Crippen LogP contribution in [0.2, 0.25) is 0 Å². The Labute approximate surface area is 157 Å². The molecule has 2 atom stereocenters. The predicted octanol–water partition coefficient (Wildman–Crippen LogP) is 5.55. The molecule has 2 nitrogen and oxygen atoms in total. The number of alkyl halides is 2. The Morgan fingerprint density at radius 1 is 1.04 bits per heavy atom. The van der Waals surface area contributed by atoms with Gasteiger partial charge in [-0.1, -0.05) is 38.1 Å². The normalized spacial score (nSPS) is 27.2. The Morgan fingerprint density at radius 2 is 1.62 bits per heavy atom. The van der Waals surface area contributed by atoms with E-state index in [1.165, 1.54) is 0 Å². The molecular weight excluding hydrogens is 333 g/mol. The van der Waals surface area contributed by atoms with Crippen molar-refractivity contribution >= 4 is 12.6 Å². The standard InChI is InChI=1S/C19H27BF2O2.C2H6/c1-17(2)18(3,4)24-20(23-17)16-8-6-7-13(12-16)14-9-10-15(11-14)19(5,21)22;1-2/h6-8,12,14-15H,9-11H2,1-5H3;1-2H3. The zero-order chi connectivity index (χ0) is 19.8. The summed E-state index contributed by atoms with van der Waals surface area (Å²) in [6, 6.07) is 8.08. The lowest BCUT2D eigenvalue weighted by molar-refractivity contribution is -0.0372. The highest BCUT2D eigenvalue weighted by atomic mass is 19.3. The molecule has 3 rings (SSSR count). The van der Waals surface area contributed by atoms with Crippen molar-refractivity contribution in [1.82, 2.24) is 0 Å². The quantitative estimate of drug-likeness (QED) is 0.653. The molecule has 1 heterocycles. The molecule has 0 spiro atoms. The average molecular weight is 366 g/mol. The van der Waals surface area contributed by atoms with Crippen LogP contribution in [0.5, 0.6) is 0 Å². The summed E-state index contributed by atoms with van der Waals surface area (Å²) in [5.41, 5.74) is 1.33. The molecule has 0 aromatic heterocycles. The molecule has 2 aliphatic rings. The van der Waals surface area contributed by atoms with Crippen LogP contribution in [-0.4, -0.2) is 24.2 Å².